The molecular weight excluding hydrogens is 260 g/mol. The van der Waals surface area contributed by atoms with Gasteiger partial charge in [0.2, 0.25) is 0 Å². The van der Waals surface area contributed by atoms with Gasteiger partial charge in [-0.2, -0.15) is 0 Å². The summed E-state index contributed by atoms with van der Waals surface area (Å²) in [6.07, 6.45) is 2.51. The molecule has 1 amide bonds. The van der Waals surface area contributed by atoms with Gasteiger partial charge < -0.3 is 10.6 Å². The summed E-state index contributed by atoms with van der Waals surface area (Å²) in [6, 6.07) is 8.38. The van der Waals surface area contributed by atoms with E-state index in [1.54, 1.807) is 0 Å². The lowest BCUT2D eigenvalue weighted by Gasteiger charge is -2.14. The second kappa shape index (κ2) is 6.40. The summed E-state index contributed by atoms with van der Waals surface area (Å²) in [6.45, 7) is 4.67. The third-order valence-corrected chi connectivity index (χ3v) is 4.02. The zero-order valence-electron chi connectivity index (χ0n) is 11.5. The highest BCUT2D eigenvalue weighted by Gasteiger charge is 2.29. The van der Waals surface area contributed by atoms with Crippen molar-refractivity contribution in [1.29, 1.82) is 0 Å². The van der Waals surface area contributed by atoms with Gasteiger partial charge in [0.05, 0.1) is 0 Å². The molecule has 4 heteroatoms. The standard InChI is InChI=1S/C15H21ClN2O/c1-10(12-5-7-14(16)8-6-12)17-9-15(19)18-11(2)13-3-4-13/h5-8,10-11,13,17H,3-4,9H2,1-2H3,(H,18,19)/p+1/t10-,11+/m1/s1. The number of carbonyl (C=O) groups is 1. The summed E-state index contributed by atoms with van der Waals surface area (Å²) < 4.78 is 0. The zero-order valence-corrected chi connectivity index (χ0v) is 12.3. The molecular formula is C15H22ClN2O+. The van der Waals surface area contributed by atoms with Crippen molar-refractivity contribution in [1.82, 2.24) is 5.32 Å². The van der Waals surface area contributed by atoms with Gasteiger partial charge in [0, 0.05) is 16.6 Å². The molecule has 0 radical (unpaired) electrons. The summed E-state index contributed by atoms with van der Waals surface area (Å²) in [5.74, 6) is 0.831. The van der Waals surface area contributed by atoms with Crippen LogP contribution >= 0.6 is 11.6 Å². The van der Waals surface area contributed by atoms with Gasteiger partial charge in [-0.05, 0) is 44.7 Å². The molecule has 2 atom stereocenters. The fourth-order valence-corrected chi connectivity index (χ4v) is 2.34. The molecule has 0 saturated heterocycles. The second-order valence-electron chi connectivity index (χ2n) is 5.47. The lowest BCUT2D eigenvalue weighted by Crippen LogP contribution is -2.87. The van der Waals surface area contributed by atoms with E-state index in [0.29, 0.717) is 18.5 Å². The quantitative estimate of drug-likeness (QED) is 0.822. The first-order valence-electron chi connectivity index (χ1n) is 6.94. The van der Waals surface area contributed by atoms with E-state index in [1.165, 1.54) is 18.4 Å². The van der Waals surface area contributed by atoms with Crippen LogP contribution < -0.4 is 10.6 Å². The Morgan fingerprint density at radius 3 is 2.58 bits per heavy atom. The van der Waals surface area contributed by atoms with E-state index in [-0.39, 0.29) is 11.9 Å². The summed E-state index contributed by atoms with van der Waals surface area (Å²) in [7, 11) is 0. The molecule has 0 heterocycles. The van der Waals surface area contributed by atoms with Crippen LogP contribution in [0.15, 0.2) is 24.3 Å². The van der Waals surface area contributed by atoms with Gasteiger partial charge in [0.15, 0.2) is 6.54 Å². The van der Waals surface area contributed by atoms with E-state index in [4.69, 9.17) is 11.6 Å². The van der Waals surface area contributed by atoms with Gasteiger partial charge in [0.25, 0.3) is 5.91 Å². The maximum absolute atomic E-state index is 11.8. The number of benzene rings is 1. The van der Waals surface area contributed by atoms with Crippen LogP contribution in [0.2, 0.25) is 5.02 Å². The van der Waals surface area contributed by atoms with Crippen LogP contribution in [0.25, 0.3) is 0 Å². The lowest BCUT2D eigenvalue weighted by atomic mass is 10.1. The average molecular weight is 282 g/mol. The number of nitrogens with two attached hydrogens (primary N) is 1. The fourth-order valence-electron chi connectivity index (χ4n) is 2.21. The predicted molar refractivity (Wildman–Crippen MR) is 77.0 cm³/mol. The molecule has 0 aliphatic heterocycles. The maximum Gasteiger partial charge on any atom is 0.275 e. The Balaban J connectivity index is 1.74. The van der Waals surface area contributed by atoms with Crippen LogP contribution in [0.5, 0.6) is 0 Å². The minimum Gasteiger partial charge on any atom is -0.348 e. The maximum atomic E-state index is 11.8. The third-order valence-electron chi connectivity index (χ3n) is 3.77. The lowest BCUT2D eigenvalue weighted by molar-refractivity contribution is -0.682. The topological polar surface area (TPSA) is 45.7 Å². The Hall–Kier alpha value is -1.06. The Labute approximate surface area is 119 Å². The highest BCUT2D eigenvalue weighted by molar-refractivity contribution is 6.30. The molecule has 0 bridgehead atoms. The molecule has 1 aromatic rings. The monoisotopic (exact) mass is 281 g/mol. The highest BCUT2D eigenvalue weighted by atomic mass is 35.5. The number of hydrogen-bond donors (Lipinski definition) is 2. The minimum absolute atomic E-state index is 0.125. The summed E-state index contributed by atoms with van der Waals surface area (Å²) in [5, 5.41) is 5.86. The molecule has 1 aliphatic rings. The van der Waals surface area contributed by atoms with Gasteiger partial charge in [-0.25, -0.2) is 0 Å². The Kier molecular flexibility index (Phi) is 4.83. The number of rotatable bonds is 6. The molecule has 3 nitrogen and oxygen atoms in total. The Morgan fingerprint density at radius 1 is 1.37 bits per heavy atom. The van der Waals surface area contributed by atoms with E-state index >= 15 is 0 Å². The zero-order chi connectivity index (χ0) is 13.8. The van der Waals surface area contributed by atoms with E-state index in [1.807, 2.05) is 24.3 Å². The van der Waals surface area contributed by atoms with Crippen LogP contribution in [0.1, 0.15) is 38.3 Å². The first-order valence-corrected chi connectivity index (χ1v) is 7.32. The molecule has 0 aromatic heterocycles. The van der Waals surface area contributed by atoms with Crippen LogP contribution in [0, 0.1) is 5.92 Å². The largest absolute Gasteiger partial charge is 0.348 e. The molecule has 1 aliphatic carbocycles. The first-order chi connectivity index (χ1) is 9.06. The molecule has 1 saturated carbocycles. The van der Waals surface area contributed by atoms with Crippen LogP contribution in [-0.4, -0.2) is 18.5 Å². The molecule has 0 unspecified atom stereocenters. The van der Waals surface area contributed by atoms with E-state index < -0.39 is 0 Å². The van der Waals surface area contributed by atoms with Crippen molar-refractivity contribution in [3.63, 3.8) is 0 Å². The normalized spacial score (nSPS) is 17.8. The highest BCUT2D eigenvalue weighted by Crippen LogP contribution is 2.32. The molecule has 2 rings (SSSR count). The van der Waals surface area contributed by atoms with E-state index in [0.717, 1.165) is 5.02 Å². The summed E-state index contributed by atoms with van der Waals surface area (Å²) in [5.41, 5.74) is 1.19. The number of hydrogen-bond acceptors (Lipinski definition) is 1. The van der Waals surface area contributed by atoms with E-state index in [2.05, 4.69) is 24.5 Å². The van der Waals surface area contributed by atoms with Crippen molar-refractivity contribution >= 4 is 17.5 Å². The number of amides is 1. The number of carbonyl (C=O) groups excluding carboxylic acids is 1. The van der Waals surface area contributed by atoms with Crippen molar-refractivity contribution < 1.29 is 10.1 Å². The molecule has 104 valence electrons. The van der Waals surface area contributed by atoms with Crippen LogP contribution in [-0.2, 0) is 4.79 Å². The molecule has 0 spiro atoms. The van der Waals surface area contributed by atoms with Crippen molar-refractivity contribution in [2.24, 2.45) is 5.92 Å². The van der Waals surface area contributed by atoms with Crippen LogP contribution in [0.3, 0.4) is 0 Å². The van der Waals surface area contributed by atoms with Gasteiger partial charge >= 0.3 is 0 Å². The molecule has 1 fully saturated rings. The molecule has 3 N–H and O–H groups in total. The van der Waals surface area contributed by atoms with Gasteiger partial charge in [-0.3, -0.25) is 4.79 Å². The minimum atomic E-state index is 0.125. The molecule has 1 aromatic carbocycles. The Bertz CT molecular complexity index is 428. The van der Waals surface area contributed by atoms with Crippen molar-refractivity contribution in [2.45, 2.75) is 38.8 Å². The molecule has 19 heavy (non-hydrogen) atoms. The third kappa shape index (κ3) is 4.51. The van der Waals surface area contributed by atoms with E-state index in [9.17, 15) is 4.79 Å². The fraction of sp³-hybridized carbons (Fsp3) is 0.533. The Morgan fingerprint density at radius 2 is 2.00 bits per heavy atom. The number of nitrogens with one attached hydrogen (secondary N) is 1. The van der Waals surface area contributed by atoms with Crippen molar-refractivity contribution in [2.75, 3.05) is 6.54 Å². The van der Waals surface area contributed by atoms with Gasteiger partial charge in [-0.1, -0.05) is 23.7 Å². The summed E-state index contributed by atoms with van der Waals surface area (Å²) >= 11 is 5.86. The first kappa shape index (κ1) is 14.4. The van der Waals surface area contributed by atoms with Crippen LogP contribution in [0.4, 0.5) is 0 Å². The van der Waals surface area contributed by atoms with Crippen molar-refractivity contribution in [3.8, 4) is 0 Å². The summed E-state index contributed by atoms with van der Waals surface area (Å²) in [4.78, 5) is 11.8. The van der Waals surface area contributed by atoms with Gasteiger partial charge in [0.1, 0.15) is 6.04 Å². The predicted octanol–water partition coefficient (Wildman–Crippen LogP) is 1.88. The number of quaternary nitrogens is 1. The van der Waals surface area contributed by atoms with Gasteiger partial charge in [-0.15, -0.1) is 0 Å². The van der Waals surface area contributed by atoms with Crippen molar-refractivity contribution in [3.05, 3.63) is 34.9 Å². The number of halogens is 1. The SMILES string of the molecule is C[C@H](NC(=O)C[NH2+][C@H](C)c1ccc(Cl)cc1)C1CC1. The second-order valence-corrected chi connectivity index (χ2v) is 5.91. The smallest absolute Gasteiger partial charge is 0.275 e. The average Bonchev–Trinajstić information content (AvgIpc) is 3.21.